The summed E-state index contributed by atoms with van der Waals surface area (Å²) in [6.45, 7) is 12.7. The summed E-state index contributed by atoms with van der Waals surface area (Å²) in [5.41, 5.74) is 2.48. The first kappa shape index (κ1) is 19.6. The highest BCUT2D eigenvalue weighted by atomic mass is 16.5. The molecule has 0 radical (unpaired) electrons. The van der Waals surface area contributed by atoms with Crippen LogP contribution in [0.1, 0.15) is 57.6 Å². The van der Waals surface area contributed by atoms with E-state index >= 15 is 0 Å². The van der Waals surface area contributed by atoms with Crippen molar-refractivity contribution in [3.8, 4) is 0 Å². The number of aldehydes is 1. The van der Waals surface area contributed by atoms with Crippen LogP contribution in [0.2, 0.25) is 6.32 Å². The van der Waals surface area contributed by atoms with E-state index in [1.54, 1.807) is 6.20 Å². The zero-order chi connectivity index (χ0) is 17.8. The van der Waals surface area contributed by atoms with E-state index in [0.29, 0.717) is 5.69 Å². The summed E-state index contributed by atoms with van der Waals surface area (Å²) >= 11 is 0. The maximum Gasteiger partial charge on any atom is 0.330 e. The van der Waals surface area contributed by atoms with Crippen LogP contribution in [0, 0.1) is 5.41 Å². The van der Waals surface area contributed by atoms with E-state index < -0.39 is 0 Å². The molecule has 1 fully saturated rings. The number of hydrogen-bond donors (Lipinski definition) is 1. The summed E-state index contributed by atoms with van der Waals surface area (Å²) in [6.07, 6.45) is 5.65. The first-order valence-corrected chi connectivity index (χ1v) is 8.37. The van der Waals surface area contributed by atoms with Crippen molar-refractivity contribution in [1.29, 1.82) is 0 Å². The molecule has 1 aliphatic heterocycles. The molecule has 0 unspecified atom stereocenters. The van der Waals surface area contributed by atoms with E-state index in [1.165, 1.54) is 0 Å². The largest absolute Gasteiger partial charge is 0.425 e. The summed E-state index contributed by atoms with van der Waals surface area (Å²) in [7, 11) is 3.97. The molecule has 5 heteroatoms. The number of nitrogens with zero attached hydrogens (tertiary/aromatic N) is 1. The molecule has 23 heavy (non-hydrogen) atoms. The van der Waals surface area contributed by atoms with Gasteiger partial charge in [-0.15, -0.1) is 0 Å². The Kier molecular flexibility index (Phi) is 6.29. The second-order valence-electron chi connectivity index (χ2n) is 7.18. The van der Waals surface area contributed by atoms with Gasteiger partial charge < -0.3 is 14.5 Å². The third kappa shape index (κ3) is 4.08. The Balaban J connectivity index is 0.00000127. The summed E-state index contributed by atoms with van der Waals surface area (Å²) in [6, 6.07) is 1.95. The van der Waals surface area contributed by atoms with Crippen molar-refractivity contribution in [2.45, 2.75) is 53.5 Å². The number of aromatic nitrogens is 1. The quantitative estimate of drug-likeness (QED) is 0.671. The fraction of sp³-hybridized carbons (Fsp3) is 0.611. The van der Waals surface area contributed by atoms with Crippen molar-refractivity contribution in [3.05, 3.63) is 29.7 Å². The van der Waals surface area contributed by atoms with Gasteiger partial charge in [-0.3, -0.25) is 4.79 Å². The molecule has 2 heterocycles. The van der Waals surface area contributed by atoms with Gasteiger partial charge in [-0.1, -0.05) is 27.7 Å². The predicted molar refractivity (Wildman–Crippen MR) is 98.7 cm³/mol. The fourth-order valence-electron chi connectivity index (χ4n) is 2.78. The Morgan fingerprint density at radius 2 is 1.91 bits per heavy atom. The van der Waals surface area contributed by atoms with Gasteiger partial charge in [0.1, 0.15) is 0 Å². The van der Waals surface area contributed by atoms with Crippen LogP contribution in [-0.2, 0) is 4.65 Å². The van der Waals surface area contributed by atoms with Crippen LogP contribution >= 0.6 is 0 Å². The molecule has 0 amide bonds. The topological polar surface area (TPSA) is 45.3 Å². The second-order valence-corrected chi connectivity index (χ2v) is 7.18. The summed E-state index contributed by atoms with van der Waals surface area (Å²) in [5, 5.41) is 0. The Hall–Kier alpha value is -1.49. The van der Waals surface area contributed by atoms with Crippen LogP contribution < -0.4 is 0 Å². The van der Waals surface area contributed by atoms with Crippen molar-refractivity contribution >= 4 is 18.7 Å². The number of carbonyl (C=O) groups is 1. The molecular weight excluding hydrogens is 287 g/mol. The van der Waals surface area contributed by atoms with Crippen molar-refractivity contribution in [3.63, 3.8) is 0 Å². The third-order valence-corrected chi connectivity index (χ3v) is 4.71. The number of hydrogen-bond acceptors (Lipinski definition) is 3. The minimum Gasteiger partial charge on any atom is -0.425 e. The summed E-state index contributed by atoms with van der Waals surface area (Å²) in [4.78, 5) is 16.2. The predicted octanol–water partition coefficient (Wildman–Crippen LogP) is 4.12. The molecule has 0 aromatic carbocycles. The first-order valence-electron chi connectivity index (χ1n) is 8.37. The summed E-state index contributed by atoms with van der Waals surface area (Å²) < 4.78 is 6.33. The lowest BCUT2D eigenvalue weighted by molar-refractivity contribution is 0.0376. The molecule has 1 aromatic rings. The highest BCUT2D eigenvalue weighted by Gasteiger charge is 2.50. The van der Waals surface area contributed by atoms with Crippen LogP contribution in [-0.4, -0.2) is 42.8 Å². The standard InChI is InChI=1S/C16H25BN2O2.C2H6/c1-15(2)11-17(21-16(15,3)4)13(9-19(5)6)12-7-8-18-14(12)10-20;1-2/h7-10,18H,11H2,1-6H3;1-2H3/b13-9+;. The summed E-state index contributed by atoms with van der Waals surface area (Å²) in [5.74, 6) is 0. The number of aromatic amines is 1. The maximum atomic E-state index is 11.2. The minimum absolute atomic E-state index is 0.00750. The van der Waals surface area contributed by atoms with Crippen LogP contribution in [0.3, 0.4) is 0 Å². The molecule has 4 nitrogen and oxygen atoms in total. The van der Waals surface area contributed by atoms with Gasteiger partial charge in [-0.25, -0.2) is 0 Å². The van der Waals surface area contributed by atoms with E-state index in [-0.39, 0.29) is 17.9 Å². The Bertz CT molecular complexity index is 543. The molecule has 128 valence electrons. The fourth-order valence-corrected chi connectivity index (χ4v) is 2.78. The van der Waals surface area contributed by atoms with Gasteiger partial charge in [0.25, 0.3) is 0 Å². The normalized spacial score (nSPS) is 19.1. The van der Waals surface area contributed by atoms with Crippen molar-refractivity contribution < 1.29 is 9.45 Å². The van der Waals surface area contributed by atoms with E-state index in [0.717, 1.165) is 23.6 Å². The minimum atomic E-state index is -0.194. The maximum absolute atomic E-state index is 11.2. The molecule has 0 spiro atoms. The lowest BCUT2D eigenvalue weighted by Gasteiger charge is -2.34. The lowest BCUT2D eigenvalue weighted by Crippen LogP contribution is -2.34. The Morgan fingerprint density at radius 3 is 2.35 bits per heavy atom. The van der Waals surface area contributed by atoms with E-state index in [9.17, 15) is 4.79 Å². The number of nitrogens with one attached hydrogen (secondary N) is 1. The van der Waals surface area contributed by atoms with Gasteiger partial charge in [0.05, 0.1) is 11.3 Å². The van der Waals surface area contributed by atoms with E-state index in [2.05, 4.69) is 38.9 Å². The number of H-pyrrole nitrogens is 1. The lowest BCUT2D eigenvalue weighted by atomic mass is 9.52. The Morgan fingerprint density at radius 1 is 1.30 bits per heavy atom. The third-order valence-electron chi connectivity index (χ3n) is 4.71. The molecule has 1 aromatic heterocycles. The first-order chi connectivity index (χ1) is 10.7. The van der Waals surface area contributed by atoms with Crippen molar-refractivity contribution in [2.24, 2.45) is 5.41 Å². The SMILES string of the molecule is CC.CN(C)/C=C(/B1CC(C)(C)C(C)(C)O1)c1cc[nH]c1C=O. The second kappa shape index (κ2) is 7.39. The highest BCUT2D eigenvalue weighted by molar-refractivity contribution is 6.74. The van der Waals surface area contributed by atoms with E-state index in [4.69, 9.17) is 4.65 Å². The zero-order valence-corrected chi connectivity index (χ0v) is 15.9. The monoisotopic (exact) mass is 318 g/mol. The van der Waals surface area contributed by atoms with Gasteiger partial charge >= 0.3 is 6.92 Å². The molecule has 1 N–H and O–H groups in total. The molecule has 0 bridgehead atoms. The van der Waals surface area contributed by atoms with E-state index in [1.807, 2.05) is 38.9 Å². The zero-order valence-electron chi connectivity index (χ0n) is 15.9. The van der Waals surface area contributed by atoms with Gasteiger partial charge in [0.15, 0.2) is 6.29 Å². The van der Waals surface area contributed by atoms with Crippen LogP contribution in [0.15, 0.2) is 18.5 Å². The number of carbonyl (C=O) groups excluding carboxylic acids is 1. The van der Waals surface area contributed by atoms with Gasteiger partial charge in [-0.2, -0.15) is 0 Å². The average molecular weight is 318 g/mol. The highest BCUT2D eigenvalue weighted by Crippen LogP contribution is 2.48. The van der Waals surface area contributed by atoms with Crippen molar-refractivity contribution in [1.82, 2.24) is 9.88 Å². The van der Waals surface area contributed by atoms with Gasteiger partial charge in [0, 0.05) is 25.9 Å². The average Bonchev–Trinajstić information content (AvgIpc) is 3.00. The molecule has 2 rings (SSSR count). The van der Waals surface area contributed by atoms with Crippen LogP contribution in [0.5, 0.6) is 0 Å². The van der Waals surface area contributed by atoms with Gasteiger partial charge in [0.2, 0.25) is 0 Å². The number of rotatable bonds is 4. The smallest absolute Gasteiger partial charge is 0.330 e. The van der Waals surface area contributed by atoms with Gasteiger partial charge in [-0.05, 0) is 43.3 Å². The van der Waals surface area contributed by atoms with Crippen LogP contribution in [0.25, 0.3) is 5.47 Å². The molecule has 0 atom stereocenters. The Labute approximate surface area is 141 Å². The molecule has 0 saturated carbocycles. The molecule has 1 saturated heterocycles. The molecular formula is C18H31BN2O2. The van der Waals surface area contributed by atoms with Crippen LogP contribution in [0.4, 0.5) is 0 Å². The van der Waals surface area contributed by atoms with Crippen molar-refractivity contribution in [2.75, 3.05) is 14.1 Å². The molecule has 0 aliphatic carbocycles. The molecule has 1 aliphatic rings.